The van der Waals surface area contributed by atoms with Crippen molar-refractivity contribution in [1.29, 1.82) is 0 Å². The summed E-state index contributed by atoms with van der Waals surface area (Å²) in [7, 11) is 1.78. The van der Waals surface area contributed by atoms with Crippen molar-refractivity contribution in [2.75, 3.05) is 16.8 Å². The highest BCUT2D eigenvalue weighted by Gasteiger charge is 2.38. The van der Waals surface area contributed by atoms with Crippen molar-refractivity contribution in [3.63, 3.8) is 0 Å². The molecule has 4 heterocycles. The average Bonchev–Trinajstić information content (AvgIpc) is 3.34. The molecule has 0 spiro atoms. The molecule has 4 rings (SSSR count). The average molecular weight is 383 g/mol. The Bertz CT molecular complexity index is 966. The lowest BCUT2D eigenvalue weighted by atomic mass is 10.1. The Balaban J connectivity index is 1.86. The number of aromatic amines is 1. The Morgan fingerprint density at radius 1 is 1.33 bits per heavy atom. The Labute approximate surface area is 161 Å². The number of anilines is 2. The van der Waals surface area contributed by atoms with Crippen LogP contribution >= 0.6 is 11.3 Å². The smallest absolute Gasteiger partial charge is 0.249 e. The zero-order valence-electron chi connectivity index (χ0n) is 15.7. The van der Waals surface area contributed by atoms with Crippen LogP contribution in [0.5, 0.6) is 0 Å². The van der Waals surface area contributed by atoms with E-state index in [1.165, 1.54) is 11.3 Å². The van der Waals surface area contributed by atoms with Crippen LogP contribution in [0.2, 0.25) is 0 Å². The van der Waals surface area contributed by atoms with Crippen LogP contribution in [0.15, 0.2) is 24.0 Å². The summed E-state index contributed by atoms with van der Waals surface area (Å²) in [6.07, 6.45) is 5.97. The van der Waals surface area contributed by atoms with E-state index >= 15 is 0 Å². The molecule has 9 heteroatoms. The van der Waals surface area contributed by atoms with E-state index in [1.54, 1.807) is 30.5 Å². The summed E-state index contributed by atoms with van der Waals surface area (Å²) >= 11 is 1.52. The van der Waals surface area contributed by atoms with E-state index in [-0.39, 0.29) is 18.0 Å². The number of hydrogen-bond donors (Lipinski definition) is 1. The van der Waals surface area contributed by atoms with Crippen LogP contribution in [-0.4, -0.2) is 50.2 Å². The van der Waals surface area contributed by atoms with Crippen molar-refractivity contribution in [3.05, 3.63) is 24.0 Å². The Morgan fingerprint density at radius 3 is 2.81 bits per heavy atom. The molecular weight excluding hydrogens is 362 g/mol. The number of fused-ring (bicyclic) bond motifs is 1. The molecule has 140 valence electrons. The fraction of sp³-hybridized carbons (Fsp3) is 0.389. The number of likely N-dealkylation sites (N-methyl/N-ethyl adjacent to an activating group) is 1. The quantitative estimate of drug-likeness (QED) is 0.745. The van der Waals surface area contributed by atoms with Gasteiger partial charge in [0.25, 0.3) is 0 Å². The van der Waals surface area contributed by atoms with Gasteiger partial charge in [0.05, 0.1) is 11.8 Å². The first-order valence-corrected chi connectivity index (χ1v) is 9.77. The molecule has 0 aromatic carbocycles. The first-order valence-electron chi connectivity index (χ1n) is 8.89. The maximum Gasteiger partial charge on any atom is 0.249 e. The molecule has 0 saturated carbocycles. The zero-order chi connectivity index (χ0) is 19.1. The second-order valence-electron chi connectivity index (χ2n) is 6.71. The van der Waals surface area contributed by atoms with Crippen LogP contribution in [0.4, 0.5) is 11.5 Å². The van der Waals surface area contributed by atoms with Gasteiger partial charge in [0, 0.05) is 30.9 Å². The summed E-state index contributed by atoms with van der Waals surface area (Å²) in [5.41, 5.74) is 2.25. The second-order valence-corrected chi connectivity index (χ2v) is 7.60. The number of rotatable bonds is 4. The lowest BCUT2D eigenvalue weighted by Gasteiger charge is -2.42. The standard InChI is InChI=1S/C18H21N7OS/c1-5-12-18(26)24(4)13-9-20-15(22-16(13)25(12)10(2)3)11-8-21-23-14(11)17-19-6-7-27-17/h6-10,12H,5H2,1-4H3,(H,21,23)/t12-/m0/s1. The van der Waals surface area contributed by atoms with Crippen molar-refractivity contribution in [1.82, 2.24) is 25.1 Å². The molecule has 3 aromatic rings. The van der Waals surface area contributed by atoms with E-state index in [0.29, 0.717) is 5.82 Å². The minimum Gasteiger partial charge on any atom is -0.340 e. The molecule has 3 aromatic heterocycles. The monoisotopic (exact) mass is 383 g/mol. The van der Waals surface area contributed by atoms with Gasteiger partial charge in [-0.25, -0.2) is 15.0 Å². The minimum absolute atomic E-state index is 0.0711. The summed E-state index contributed by atoms with van der Waals surface area (Å²) in [5, 5.41) is 9.94. The Hall–Kier alpha value is -2.81. The van der Waals surface area contributed by atoms with Gasteiger partial charge in [-0.05, 0) is 20.3 Å². The Kier molecular flexibility index (Phi) is 4.39. The number of carbonyl (C=O) groups is 1. The van der Waals surface area contributed by atoms with Crippen molar-refractivity contribution in [3.8, 4) is 22.1 Å². The summed E-state index contributed by atoms with van der Waals surface area (Å²) < 4.78 is 0. The first kappa shape index (κ1) is 17.6. The minimum atomic E-state index is -0.229. The number of nitrogens with one attached hydrogen (secondary N) is 1. The fourth-order valence-corrected chi connectivity index (χ4v) is 4.11. The van der Waals surface area contributed by atoms with Gasteiger partial charge in [-0.15, -0.1) is 11.3 Å². The van der Waals surface area contributed by atoms with Crippen LogP contribution in [0, 0.1) is 0 Å². The molecule has 0 bridgehead atoms. The highest BCUT2D eigenvalue weighted by atomic mass is 32.1. The highest BCUT2D eigenvalue weighted by molar-refractivity contribution is 7.13. The number of aromatic nitrogens is 5. The van der Waals surface area contributed by atoms with Gasteiger partial charge in [-0.2, -0.15) is 5.10 Å². The molecule has 0 radical (unpaired) electrons. The summed E-state index contributed by atoms with van der Waals surface area (Å²) in [4.78, 5) is 30.2. The number of H-pyrrole nitrogens is 1. The Morgan fingerprint density at radius 2 is 2.15 bits per heavy atom. The van der Waals surface area contributed by atoms with E-state index < -0.39 is 0 Å². The first-order chi connectivity index (χ1) is 13.0. The van der Waals surface area contributed by atoms with Crippen LogP contribution < -0.4 is 9.80 Å². The fourth-order valence-electron chi connectivity index (χ4n) is 3.47. The molecule has 0 aliphatic carbocycles. The van der Waals surface area contributed by atoms with Crippen LogP contribution in [0.25, 0.3) is 22.1 Å². The predicted molar refractivity (Wildman–Crippen MR) is 106 cm³/mol. The van der Waals surface area contributed by atoms with Crippen molar-refractivity contribution >= 4 is 28.7 Å². The second kappa shape index (κ2) is 6.73. The van der Waals surface area contributed by atoms with E-state index in [4.69, 9.17) is 4.98 Å². The van der Waals surface area contributed by atoms with E-state index in [2.05, 4.69) is 38.9 Å². The number of hydrogen-bond acceptors (Lipinski definition) is 7. The summed E-state index contributed by atoms with van der Waals surface area (Å²) in [6.45, 7) is 6.17. The molecule has 1 aliphatic rings. The van der Waals surface area contributed by atoms with Crippen LogP contribution in [-0.2, 0) is 4.79 Å². The lowest BCUT2D eigenvalue weighted by molar-refractivity contribution is -0.120. The summed E-state index contributed by atoms with van der Waals surface area (Å²) in [6, 6.07) is -0.0927. The molecule has 27 heavy (non-hydrogen) atoms. The molecular formula is C18H21N7OS. The third-order valence-corrected chi connectivity index (χ3v) is 5.55. The number of thiazole rings is 1. The normalized spacial score (nSPS) is 16.9. The number of carbonyl (C=O) groups excluding carboxylic acids is 1. The molecule has 1 aliphatic heterocycles. The van der Waals surface area contributed by atoms with Gasteiger partial charge < -0.3 is 9.80 Å². The predicted octanol–water partition coefficient (Wildman–Crippen LogP) is 2.96. The van der Waals surface area contributed by atoms with Gasteiger partial charge in [0.15, 0.2) is 11.6 Å². The summed E-state index contributed by atoms with van der Waals surface area (Å²) in [5.74, 6) is 1.41. The van der Waals surface area contributed by atoms with Gasteiger partial charge in [0.1, 0.15) is 22.4 Å². The SMILES string of the molecule is CC[C@H]1C(=O)N(C)c2cnc(-c3c[nH]nc3-c3nccs3)nc2N1C(C)C. The molecule has 0 saturated heterocycles. The molecule has 1 N–H and O–H groups in total. The van der Waals surface area contributed by atoms with Gasteiger partial charge in [-0.1, -0.05) is 6.92 Å². The van der Waals surface area contributed by atoms with Crippen molar-refractivity contribution in [2.24, 2.45) is 0 Å². The molecule has 0 fully saturated rings. The lowest BCUT2D eigenvalue weighted by Crippen LogP contribution is -2.54. The van der Waals surface area contributed by atoms with E-state index in [1.807, 2.05) is 12.3 Å². The third-order valence-electron chi connectivity index (χ3n) is 4.77. The maximum absolute atomic E-state index is 12.8. The van der Waals surface area contributed by atoms with Crippen molar-refractivity contribution < 1.29 is 4.79 Å². The van der Waals surface area contributed by atoms with Gasteiger partial charge in [0.2, 0.25) is 5.91 Å². The molecule has 1 atom stereocenters. The zero-order valence-corrected chi connectivity index (χ0v) is 16.5. The third kappa shape index (κ3) is 2.78. The largest absolute Gasteiger partial charge is 0.340 e. The van der Waals surface area contributed by atoms with Crippen LogP contribution in [0.1, 0.15) is 27.2 Å². The van der Waals surface area contributed by atoms with E-state index in [9.17, 15) is 4.79 Å². The molecule has 0 unspecified atom stereocenters. The van der Waals surface area contributed by atoms with Gasteiger partial charge in [-0.3, -0.25) is 9.89 Å². The molecule has 1 amide bonds. The topological polar surface area (TPSA) is 90.9 Å². The number of amides is 1. The van der Waals surface area contributed by atoms with Crippen molar-refractivity contribution in [2.45, 2.75) is 39.3 Å². The van der Waals surface area contributed by atoms with Gasteiger partial charge >= 0.3 is 0 Å². The number of nitrogens with zero attached hydrogens (tertiary/aromatic N) is 6. The highest BCUT2D eigenvalue weighted by Crippen LogP contribution is 2.38. The van der Waals surface area contributed by atoms with E-state index in [0.717, 1.165) is 34.2 Å². The maximum atomic E-state index is 12.8. The molecule has 8 nitrogen and oxygen atoms in total. The van der Waals surface area contributed by atoms with Crippen LogP contribution in [0.3, 0.4) is 0 Å².